The van der Waals surface area contributed by atoms with E-state index in [0.29, 0.717) is 0 Å². The van der Waals surface area contributed by atoms with E-state index in [1.165, 1.54) is 24.8 Å². The Kier molecular flexibility index (Phi) is 7.80. The maximum atomic E-state index is 4.15. The molecule has 16 heavy (non-hydrogen) atoms. The molecule has 4 unspecified atom stereocenters. The molecular weight excluding hydrogens is 192 g/mol. The Balaban J connectivity index is 4.41. The summed E-state index contributed by atoms with van der Waals surface area (Å²) in [6.07, 6.45) is 4.97. The quantitative estimate of drug-likeness (QED) is 0.465. The maximum Gasteiger partial charge on any atom is -0.0294 e. The largest absolute Gasteiger partial charge is 0.0999 e. The van der Waals surface area contributed by atoms with E-state index < -0.39 is 0 Å². The van der Waals surface area contributed by atoms with Crippen molar-refractivity contribution in [3.63, 3.8) is 0 Å². The van der Waals surface area contributed by atoms with Crippen LogP contribution in [0.4, 0.5) is 0 Å². The second-order valence-corrected chi connectivity index (χ2v) is 5.60. The Morgan fingerprint density at radius 2 is 1.50 bits per heavy atom. The molecule has 0 aliphatic heterocycles. The number of allylic oxidation sites excluding steroid dienone is 1. The van der Waals surface area contributed by atoms with Crippen LogP contribution in [-0.2, 0) is 0 Å². The van der Waals surface area contributed by atoms with Gasteiger partial charge in [0, 0.05) is 0 Å². The zero-order chi connectivity index (χ0) is 12.7. The van der Waals surface area contributed by atoms with Crippen LogP contribution < -0.4 is 0 Å². The first kappa shape index (κ1) is 15.7. The zero-order valence-corrected chi connectivity index (χ0v) is 12.3. The summed E-state index contributed by atoms with van der Waals surface area (Å²) in [5.41, 5.74) is 1.42. The van der Waals surface area contributed by atoms with Gasteiger partial charge in [0.05, 0.1) is 0 Å². The average molecular weight is 224 g/mol. The fraction of sp³-hybridized carbons (Fsp3) is 0.875. The predicted molar refractivity (Wildman–Crippen MR) is 75.6 cm³/mol. The molecule has 0 heterocycles. The smallest absolute Gasteiger partial charge is 0.0294 e. The summed E-state index contributed by atoms with van der Waals surface area (Å²) in [5, 5.41) is 0. The van der Waals surface area contributed by atoms with Crippen LogP contribution >= 0.6 is 0 Å². The molecule has 0 amide bonds. The first-order valence-electron chi connectivity index (χ1n) is 7.14. The van der Waals surface area contributed by atoms with Crippen molar-refractivity contribution in [3.05, 3.63) is 12.2 Å². The van der Waals surface area contributed by atoms with Gasteiger partial charge in [0.15, 0.2) is 0 Å². The van der Waals surface area contributed by atoms with Crippen LogP contribution in [0.3, 0.4) is 0 Å². The first-order valence-corrected chi connectivity index (χ1v) is 7.14. The SMILES string of the molecule is C=C(CC)CC(C)C(CC)C(C)C(C)CC. The first-order chi connectivity index (χ1) is 7.47. The van der Waals surface area contributed by atoms with Crippen LogP contribution in [0.1, 0.15) is 67.2 Å². The van der Waals surface area contributed by atoms with E-state index in [-0.39, 0.29) is 0 Å². The highest BCUT2D eigenvalue weighted by Crippen LogP contribution is 2.34. The van der Waals surface area contributed by atoms with Crippen molar-refractivity contribution < 1.29 is 0 Å². The van der Waals surface area contributed by atoms with Crippen LogP contribution in [0.25, 0.3) is 0 Å². The molecule has 0 fully saturated rings. The molecule has 0 aromatic rings. The van der Waals surface area contributed by atoms with Crippen LogP contribution in [0.2, 0.25) is 0 Å². The van der Waals surface area contributed by atoms with E-state index >= 15 is 0 Å². The second kappa shape index (κ2) is 7.92. The van der Waals surface area contributed by atoms with Crippen LogP contribution in [0, 0.1) is 23.7 Å². The van der Waals surface area contributed by atoms with E-state index in [2.05, 4.69) is 48.1 Å². The van der Waals surface area contributed by atoms with Gasteiger partial charge in [-0.1, -0.05) is 66.5 Å². The van der Waals surface area contributed by atoms with Crippen molar-refractivity contribution in [3.8, 4) is 0 Å². The van der Waals surface area contributed by atoms with E-state index in [9.17, 15) is 0 Å². The minimum atomic E-state index is 0.793. The van der Waals surface area contributed by atoms with Gasteiger partial charge in [-0.15, -0.1) is 0 Å². The Hall–Kier alpha value is -0.260. The molecule has 0 aromatic carbocycles. The molecule has 0 bridgehead atoms. The summed E-state index contributed by atoms with van der Waals surface area (Å²) in [7, 11) is 0. The van der Waals surface area contributed by atoms with Gasteiger partial charge in [-0.25, -0.2) is 0 Å². The standard InChI is InChI=1S/C16H32/c1-8-12(4)11-14(6)16(10-3)15(7)13(5)9-2/h13-16H,4,8-11H2,1-3,5-7H3. The van der Waals surface area contributed by atoms with Gasteiger partial charge < -0.3 is 0 Å². The summed E-state index contributed by atoms with van der Waals surface area (Å²) >= 11 is 0. The summed E-state index contributed by atoms with van der Waals surface area (Å²) < 4.78 is 0. The lowest BCUT2D eigenvalue weighted by atomic mass is 9.73. The molecule has 0 aromatic heterocycles. The van der Waals surface area contributed by atoms with E-state index in [4.69, 9.17) is 0 Å². The Labute approximate surface area is 104 Å². The normalized spacial score (nSPS) is 18.9. The molecular formula is C16H32. The highest BCUT2D eigenvalue weighted by atomic mass is 14.3. The lowest BCUT2D eigenvalue weighted by Gasteiger charge is -2.32. The van der Waals surface area contributed by atoms with Crippen molar-refractivity contribution in [2.24, 2.45) is 23.7 Å². The third-order valence-electron chi connectivity index (χ3n) is 4.53. The molecule has 0 saturated heterocycles. The molecule has 0 spiro atoms. The average Bonchev–Trinajstić information content (AvgIpc) is 2.28. The number of rotatable bonds is 8. The fourth-order valence-electron chi connectivity index (χ4n) is 2.84. The van der Waals surface area contributed by atoms with Crippen molar-refractivity contribution >= 4 is 0 Å². The summed E-state index contributed by atoms with van der Waals surface area (Å²) in [5.74, 6) is 3.34. The van der Waals surface area contributed by atoms with Crippen LogP contribution in [-0.4, -0.2) is 0 Å². The molecule has 0 N–H and O–H groups in total. The van der Waals surface area contributed by atoms with Crippen molar-refractivity contribution in [2.75, 3.05) is 0 Å². The fourth-order valence-corrected chi connectivity index (χ4v) is 2.84. The summed E-state index contributed by atoms with van der Waals surface area (Å²) in [6.45, 7) is 18.3. The van der Waals surface area contributed by atoms with Gasteiger partial charge in [0.25, 0.3) is 0 Å². The van der Waals surface area contributed by atoms with Gasteiger partial charge in [-0.3, -0.25) is 0 Å². The summed E-state index contributed by atoms with van der Waals surface area (Å²) in [4.78, 5) is 0. The van der Waals surface area contributed by atoms with Gasteiger partial charge >= 0.3 is 0 Å². The van der Waals surface area contributed by atoms with Crippen molar-refractivity contribution in [2.45, 2.75) is 67.2 Å². The lowest BCUT2D eigenvalue weighted by molar-refractivity contribution is 0.183. The zero-order valence-electron chi connectivity index (χ0n) is 12.3. The number of hydrogen-bond acceptors (Lipinski definition) is 0. The Morgan fingerprint density at radius 3 is 1.88 bits per heavy atom. The number of hydrogen-bond donors (Lipinski definition) is 0. The third-order valence-corrected chi connectivity index (χ3v) is 4.53. The Morgan fingerprint density at radius 1 is 0.938 bits per heavy atom. The van der Waals surface area contributed by atoms with Crippen LogP contribution in [0.5, 0.6) is 0 Å². The van der Waals surface area contributed by atoms with Crippen molar-refractivity contribution in [1.29, 1.82) is 0 Å². The van der Waals surface area contributed by atoms with Crippen molar-refractivity contribution in [1.82, 2.24) is 0 Å². The van der Waals surface area contributed by atoms with E-state index in [1.807, 2.05) is 0 Å². The van der Waals surface area contributed by atoms with E-state index in [1.54, 1.807) is 0 Å². The van der Waals surface area contributed by atoms with Gasteiger partial charge in [-0.2, -0.15) is 0 Å². The molecule has 0 aliphatic carbocycles. The van der Waals surface area contributed by atoms with Crippen LogP contribution in [0.15, 0.2) is 12.2 Å². The molecule has 0 rings (SSSR count). The van der Waals surface area contributed by atoms with Gasteiger partial charge in [-0.05, 0) is 36.5 Å². The summed E-state index contributed by atoms with van der Waals surface area (Å²) in [6, 6.07) is 0. The predicted octanol–water partition coefficient (Wildman–Crippen LogP) is 5.69. The van der Waals surface area contributed by atoms with Gasteiger partial charge in [0.2, 0.25) is 0 Å². The molecule has 4 atom stereocenters. The molecule has 0 aliphatic rings. The topological polar surface area (TPSA) is 0 Å². The molecule has 0 saturated carbocycles. The highest BCUT2D eigenvalue weighted by molar-refractivity contribution is 4.95. The Bertz CT molecular complexity index is 192. The molecule has 96 valence electrons. The molecule has 0 heteroatoms. The lowest BCUT2D eigenvalue weighted by Crippen LogP contribution is -2.24. The second-order valence-electron chi connectivity index (χ2n) is 5.60. The minimum Gasteiger partial charge on any atom is -0.0999 e. The molecule has 0 nitrogen and oxygen atoms in total. The maximum absolute atomic E-state index is 4.15. The monoisotopic (exact) mass is 224 g/mol. The van der Waals surface area contributed by atoms with E-state index in [0.717, 1.165) is 30.1 Å². The van der Waals surface area contributed by atoms with Gasteiger partial charge in [0.1, 0.15) is 0 Å². The third kappa shape index (κ3) is 4.72. The highest BCUT2D eigenvalue weighted by Gasteiger charge is 2.25. The molecule has 0 radical (unpaired) electrons. The minimum absolute atomic E-state index is 0.793.